The van der Waals surface area contributed by atoms with Crippen LogP contribution < -0.4 is 16.2 Å². The molecule has 1 saturated carbocycles. The van der Waals surface area contributed by atoms with Crippen LogP contribution in [-0.4, -0.2) is 29.2 Å². The van der Waals surface area contributed by atoms with Gasteiger partial charge in [0.15, 0.2) is 0 Å². The number of halogens is 2. The molecular formula is C21H26Cl2N4O. The summed E-state index contributed by atoms with van der Waals surface area (Å²) in [5, 5.41) is 0.778. The SMILES string of the molecule is Cc1nc(N2CCC3(CCCC3CN)CC2)cc(=O)n1-c1cccc(Cl)c1Cl. The van der Waals surface area contributed by atoms with E-state index < -0.39 is 0 Å². The number of nitrogens with two attached hydrogens (primary N) is 1. The fourth-order valence-electron chi connectivity index (χ4n) is 5.12. The van der Waals surface area contributed by atoms with E-state index in [1.807, 2.05) is 6.92 Å². The molecule has 1 aliphatic carbocycles. The van der Waals surface area contributed by atoms with Crippen LogP contribution in [0.2, 0.25) is 10.0 Å². The van der Waals surface area contributed by atoms with Gasteiger partial charge in [-0.05, 0) is 62.6 Å². The average Bonchev–Trinajstić information content (AvgIpc) is 3.07. The lowest BCUT2D eigenvalue weighted by atomic mass is 9.70. The molecule has 1 spiro atoms. The molecule has 4 rings (SSSR count). The lowest BCUT2D eigenvalue weighted by Gasteiger charge is -2.43. The number of piperidine rings is 1. The highest BCUT2D eigenvalue weighted by molar-refractivity contribution is 6.43. The molecule has 5 nitrogen and oxygen atoms in total. The number of hydrogen-bond acceptors (Lipinski definition) is 4. The third-order valence-electron chi connectivity index (χ3n) is 6.71. The Bertz CT molecular complexity index is 934. The zero-order valence-corrected chi connectivity index (χ0v) is 17.6. The Balaban J connectivity index is 1.60. The minimum atomic E-state index is -0.146. The van der Waals surface area contributed by atoms with Crippen molar-refractivity contribution < 1.29 is 0 Å². The van der Waals surface area contributed by atoms with Crippen molar-refractivity contribution in [1.29, 1.82) is 0 Å². The standard InChI is InChI=1S/C21H26Cl2N4O/c1-14-25-18(12-19(28)27(14)17-6-2-5-16(22)20(17)23)26-10-8-21(9-11-26)7-3-4-15(21)13-24/h2,5-6,12,15H,3-4,7-11,13,24H2,1H3. The van der Waals surface area contributed by atoms with Crippen LogP contribution in [0.5, 0.6) is 0 Å². The highest BCUT2D eigenvalue weighted by Gasteiger charge is 2.44. The first kappa shape index (κ1) is 19.7. The van der Waals surface area contributed by atoms with Gasteiger partial charge < -0.3 is 10.6 Å². The Hall–Kier alpha value is -1.56. The summed E-state index contributed by atoms with van der Waals surface area (Å²) in [7, 11) is 0. The van der Waals surface area contributed by atoms with Crippen molar-refractivity contribution in [2.75, 3.05) is 24.5 Å². The first-order valence-corrected chi connectivity index (χ1v) is 10.7. The maximum atomic E-state index is 12.9. The summed E-state index contributed by atoms with van der Waals surface area (Å²) < 4.78 is 1.52. The molecule has 0 radical (unpaired) electrons. The Morgan fingerprint density at radius 1 is 1.25 bits per heavy atom. The lowest BCUT2D eigenvalue weighted by molar-refractivity contribution is 0.154. The molecular weight excluding hydrogens is 395 g/mol. The lowest BCUT2D eigenvalue weighted by Crippen LogP contribution is -2.44. The quantitative estimate of drug-likeness (QED) is 0.807. The first-order chi connectivity index (χ1) is 13.4. The Morgan fingerprint density at radius 2 is 2.00 bits per heavy atom. The minimum absolute atomic E-state index is 0.146. The number of aromatic nitrogens is 2. The second-order valence-electron chi connectivity index (χ2n) is 8.08. The fourth-order valence-corrected chi connectivity index (χ4v) is 5.50. The van der Waals surface area contributed by atoms with Gasteiger partial charge in [0.05, 0.1) is 15.7 Å². The van der Waals surface area contributed by atoms with Crippen LogP contribution in [0.15, 0.2) is 29.1 Å². The van der Waals surface area contributed by atoms with Gasteiger partial charge in [0.2, 0.25) is 0 Å². The van der Waals surface area contributed by atoms with Crippen molar-refractivity contribution in [3.63, 3.8) is 0 Å². The molecule has 7 heteroatoms. The van der Waals surface area contributed by atoms with Gasteiger partial charge in [0.1, 0.15) is 11.6 Å². The predicted molar refractivity (Wildman–Crippen MR) is 115 cm³/mol. The van der Waals surface area contributed by atoms with E-state index in [1.165, 1.54) is 23.8 Å². The van der Waals surface area contributed by atoms with Gasteiger partial charge in [-0.25, -0.2) is 4.98 Å². The van der Waals surface area contributed by atoms with E-state index in [0.717, 1.165) is 38.3 Å². The molecule has 2 fully saturated rings. The molecule has 1 atom stereocenters. The van der Waals surface area contributed by atoms with Crippen LogP contribution >= 0.6 is 23.2 Å². The van der Waals surface area contributed by atoms with Crippen molar-refractivity contribution in [1.82, 2.24) is 9.55 Å². The van der Waals surface area contributed by atoms with E-state index in [1.54, 1.807) is 24.3 Å². The smallest absolute Gasteiger partial charge is 0.260 e. The van der Waals surface area contributed by atoms with Gasteiger partial charge >= 0.3 is 0 Å². The summed E-state index contributed by atoms with van der Waals surface area (Å²) in [6.07, 6.45) is 6.07. The molecule has 1 aromatic heterocycles. The molecule has 1 aliphatic heterocycles. The topological polar surface area (TPSA) is 64.2 Å². The normalized spacial score (nSPS) is 21.4. The number of nitrogens with zero attached hydrogens (tertiary/aromatic N) is 3. The number of anilines is 1. The second-order valence-corrected chi connectivity index (χ2v) is 8.87. The van der Waals surface area contributed by atoms with E-state index in [2.05, 4.69) is 4.90 Å². The average molecular weight is 421 g/mol. The summed E-state index contributed by atoms with van der Waals surface area (Å²) in [6.45, 7) is 4.46. The van der Waals surface area contributed by atoms with Gasteiger partial charge in [-0.2, -0.15) is 0 Å². The van der Waals surface area contributed by atoms with Crippen LogP contribution in [0.25, 0.3) is 5.69 Å². The van der Waals surface area contributed by atoms with E-state index >= 15 is 0 Å². The van der Waals surface area contributed by atoms with Crippen molar-refractivity contribution in [3.05, 3.63) is 50.5 Å². The van der Waals surface area contributed by atoms with Gasteiger partial charge in [-0.15, -0.1) is 0 Å². The van der Waals surface area contributed by atoms with E-state index in [9.17, 15) is 4.79 Å². The fraction of sp³-hybridized carbons (Fsp3) is 0.524. The number of aryl methyl sites for hydroxylation is 1. The molecule has 2 heterocycles. The molecule has 1 saturated heterocycles. The summed E-state index contributed by atoms with van der Waals surface area (Å²) in [5.74, 6) is 1.99. The molecule has 150 valence electrons. The molecule has 1 unspecified atom stereocenters. The molecule has 2 aliphatic rings. The van der Waals surface area contributed by atoms with E-state index in [4.69, 9.17) is 33.9 Å². The Kier molecular flexibility index (Phi) is 5.43. The monoisotopic (exact) mass is 420 g/mol. The van der Waals surface area contributed by atoms with Gasteiger partial charge in [0, 0.05) is 19.2 Å². The van der Waals surface area contributed by atoms with E-state index in [0.29, 0.717) is 32.9 Å². The third kappa shape index (κ3) is 3.34. The molecule has 28 heavy (non-hydrogen) atoms. The van der Waals surface area contributed by atoms with Crippen molar-refractivity contribution in [2.24, 2.45) is 17.1 Å². The minimum Gasteiger partial charge on any atom is -0.356 e. The summed E-state index contributed by atoms with van der Waals surface area (Å²) in [5.41, 5.74) is 6.84. The van der Waals surface area contributed by atoms with Crippen molar-refractivity contribution in [3.8, 4) is 5.69 Å². The third-order valence-corrected chi connectivity index (χ3v) is 7.51. The summed E-state index contributed by atoms with van der Waals surface area (Å²) in [6, 6.07) is 6.87. The van der Waals surface area contributed by atoms with Gasteiger partial charge in [0.25, 0.3) is 5.56 Å². The summed E-state index contributed by atoms with van der Waals surface area (Å²) in [4.78, 5) is 19.8. The predicted octanol–water partition coefficient (Wildman–Crippen LogP) is 4.19. The zero-order chi connectivity index (χ0) is 19.9. The molecule has 0 bridgehead atoms. The molecule has 1 aromatic carbocycles. The highest BCUT2D eigenvalue weighted by atomic mass is 35.5. The van der Waals surface area contributed by atoms with Crippen LogP contribution in [0.1, 0.15) is 37.9 Å². The Labute approximate surface area is 175 Å². The van der Waals surface area contributed by atoms with Crippen LogP contribution in [0.3, 0.4) is 0 Å². The number of rotatable bonds is 3. The highest BCUT2D eigenvalue weighted by Crippen LogP contribution is 2.50. The van der Waals surface area contributed by atoms with Gasteiger partial charge in [-0.3, -0.25) is 9.36 Å². The maximum Gasteiger partial charge on any atom is 0.260 e. The molecule has 2 aromatic rings. The molecule has 0 amide bonds. The largest absolute Gasteiger partial charge is 0.356 e. The number of hydrogen-bond donors (Lipinski definition) is 1. The van der Waals surface area contributed by atoms with Crippen molar-refractivity contribution in [2.45, 2.75) is 39.0 Å². The first-order valence-electron chi connectivity index (χ1n) is 9.95. The van der Waals surface area contributed by atoms with Crippen molar-refractivity contribution >= 4 is 29.0 Å². The summed E-state index contributed by atoms with van der Waals surface area (Å²) >= 11 is 12.4. The number of benzene rings is 1. The van der Waals surface area contributed by atoms with Crippen LogP contribution in [0.4, 0.5) is 5.82 Å². The van der Waals surface area contributed by atoms with Crippen LogP contribution in [-0.2, 0) is 0 Å². The Morgan fingerprint density at radius 3 is 2.68 bits per heavy atom. The molecule has 2 N–H and O–H groups in total. The maximum absolute atomic E-state index is 12.9. The van der Waals surface area contributed by atoms with Crippen LogP contribution in [0, 0.1) is 18.3 Å². The van der Waals surface area contributed by atoms with E-state index in [-0.39, 0.29) is 5.56 Å². The second kappa shape index (κ2) is 7.69. The zero-order valence-electron chi connectivity index (χ0n) is 16.1. The van der Waals surface area contributed by atoms with Gasteiger partial charge in [-0.1, -0.05) is 35.7 Å².